The Labute approximate surface area is 56.1 Å². The third kappa shape index (κ3) is 2.63. The molecule has 0 saturated carbocycles. The number of rotatable bonds is 0. The van der Waals surface area contributed by atoms with Gasteiger partial charge in [-0.3, -0.25) is 0 Å². The molecule has 0 bridgehead atoms. The largest absolute Gasteiger partial charge is 0.326 e. The Morgan fingerprint density at radius 2 is 2.33 bits per heavy atom. The van der Waals surface area contributed by atoms with E-state index >= 15 is 0 Å². The van der Waals surface area contributed by atoms with Gasteiger partial charge in [-0.2, -0.15) is 0 Å². The van der Waals surface area contributed by atoms with Crippen molar-refractivity contribution in [2.75, 3.05) is 13.1 Å². The minimum absolute atomic E-state index is 0.321. The van der Waals surface area contributed by atoms with Crippen LogP contribution in [0, 0.1) is 0 Å². The highest BCUT2D eigenvalue weighted by Gasteiger charge is 1.99. The molecule has 1 unspecified atom stereocenters. The van der Waals surface area contributed by atoms with E-state index in [9.17, 15) is 0 Å². The molecular formula is C7H14N2. The molecule has 0 aromatic carbocycles. The lowest BCUT2D eigenvalue weighted by Crippen LogP contribution is -2.34. The number of hydrogen-bond acceptors (Lipinski definition) is 2. The fourth-order valence-electron chi connectivity index (χ4n) is 0.945. The normalized spacial score (nSPS) is 32.8. The van der Waals surface area contributed by atoms with Crippen molar-refractivity contribution in [2.45, 2.75) is 18.9 Å². The summed E-state index contributed by atoms with van der Waals surface area (Å²) in [4.78, 5) is 0. The maximum absolute atomic E-state index is 5.69. The van der Waals surface area contributed by atoms with E-state index in [4.69, 9.17) is 5.73 Å². The number of nitrogens with one attached hydrogen (secondary N) is 1. The maximum Gasteiger partial charge on any atom is 0.0200 e. The molecule has 1 rings (SSSR count). The minimum Gasteiger partial charge on any atom is -0.326 e. The molecule has 0 radical (unpaired) electrons. The average Bonchev–Trinajstić information content (AvgIpc) is 1.79. The van der Waals surface area contributed by atoms with Crippen molar-refractivity contribution in [1.29, 1.82) is 0 Å². The van der Waals surface area contributed by atoms with Crippen LogP contribution in [0.25, 0.3) is 0 Å². The molecular weight excluding hydrogens is 112 g/mol. The van der Waals surface area contributed by atoms with Crippen LogP contribution in [0.1, 0.15) is 12.8 Å². The Kier molecular flexibility index (Phi) is 2.74. The molecule has 0 saturated heterocycles. The van der Waals surface area contributed by atoms with Gasteiger partial charge in [-0.05, 0) is 19.4 Å². The first kappa shape index (κ1) is 6.78. The van der Waals surface area contributed by atoms with E-state index in [0.717, 1.165) is 25.9 Å². The number of hydrogen-bond donors (Lipinski definition) is 2. The van der Waals surface area contributed by atoms with Crippen LogP contribution in [0.4, 0.5) is 0 Å². The monoisotopic (exact) mass is 126 g/mol. The van der Waals surface area contributed by atoms with Gasteiger partial charge in [-0.25, -0.2) is 0 Å². The summed E-state index contributed by atoms with van der Waals surface area (Å²) in [5, 5.41) is 3.26. The lowest BCUT2D eigenvalue weighted by molar-refractivity contribution is 0.573. The van der Waals surface area contributed by atoms with Gasteiger partial charge in [0.05, 0.1) is 0 Å². The van der Waals surface area contributed by atoms with Crippen LogP contribution in [-0.4, -0.2) is 19.1 Å². The third-order valence-electron chi connectivity index (χ3n) is 1.50. The summed E-state index contributed by atoms with van der Waals surface area (Å²) < 4.78 is 0. The topological polar surface area (TPSA) is 38.0 Å². The summed E-state index contributed by atoms with van der Waals surface area (Å²) in [6.07, 6.45) is 6.53. The predicted molar refractivity (Wildman–Crippen MR) is 39.2 cm³/mol. The molecule has 0 aliphatic carbocycles. The lowest BCUT2D eigenvalue weighted by atomic mass is 10.1. The van der Waals surface area contributed by atoms with Crippen molar-refractivity contribution in [2.24, 2.45) is 5.73 Å². The van der Waals surface area contributed by atoms with Crippen LogP contribution < -0.4 is 11.1 Å². The summed E-state index contributed by atoms with van der Waals surface area (Å²) in [5.74, 6) is 0. The van der Waals surface area contributed by atoms with Gasteiger partial charge in [0.25, 0.3) is 0 Å². The smallest absolute Gasteiger partial charge is 0.0200 e. The van der Waals surface area contributed by atoms with Crippen LogP contribution in [0.3, 0.4) is 0 Å². The van der Waals surface area contributed by atoms with E-state index in [1.165, 1.54) is 0 Å². The van der Waals surface area contributed by atoms with Crippen molar-refractivity contribution in [3.8, 4) is 0 Å². The fraction of sp³-hybridized carbons (Fsp3) is 0.714. The van der Waals surface area contributed by atoms with E-state index < -0.39 is 0 Å². The van der Waals surface area contributed by atoms with Crippen molar-refractivity contribution in [1.82, 2.24) is 5.32 Å². The van der Waals surface area contributed by atoms with Crippen molar-refractivity contribution < 1.29 is 0 Å². The zero-order chi connectivity index (χ0) is 6.53. The second-order valence-corrected chi connectivity index (χ2v) is 2.46. The average molecular weight is 126 g/mol. The molecule has 0 aromatic heterocycles. The molecule has 3 N–H and O–H groups in total. The zero-order valence-electron chi connectivity index (χ0n) is 5.64. The molecule has 1 heterocycles. The Morgan fingerprint density at radius 3 is 3.22 bits per heavy atom. The second-order valence-electron chi connectivity index (χ2n) is 2.46. The third-order valence-corrected chi connectivity index (χ3v) is 1.50. The van der Waals surface area contributed by atoms with E-state index in [1.54, 1.807) is 0 Å². The van der Waals surface area contributed by atoms with E-state index in [-0.39, 0.29) is 0 Å². The minimum atomic E-state index is 0.321. The molecule has 0 spiro atoms. The molecule has 2 heteroatoms. The van der Waals surface area contributed by atoms with Gasteiger partial charge in [0.1, 0.15) is 0 Å². The molecule has 0 aromatic rings. The van der Waals surface area contributed by atoms with Gasteiger partial charge in [0.15, 0.2) is 0 Å². The molecule has 0 amide bonds. The van der Waals surface area contributed by atoms with Gasteiger partial charge in [0.2, 0.25) is 0 Å². The molecule has 1 aliphatic rings. The molecule has 0 fully saturated rings. The van der Waals surface area contributed by atoms with Crippen molar-refractivity contribution in [3.05, 3.63) is 12.2 Å². The van der Waals surface area contributed by atoms with E-state index in [2.05, 4.69) is 17.5 Å². The van der Waals surface area contributed by atoms with E-state index in [0.29, 0.717) is 6.04 Å². The summed E-state index contributed by atoms with van der Waals surface area (Å²) >= 11 is 0. The van der Waals surface area contributed by atoms with Crippen LogP contribution in [0.2, 0.25) is 0 Å². The standard InChI is InChI=1S/C7H14N2/c8-7-4-2-1-3-5-9-6-7/h1-2,7,9H,3-6,8H2/b2-1-. The zero-order valence-corrected chi connectivity index (χ0v) is 5.64. The maximum atomic E-state index is 5.69. The summed E-state index contributed by atoms with van der Waals surface area (Å²) in [6, 6.07) is 0.321. The quantitative estimate of drug-likeness (QED) is 0.457. The first-order valence-corrected chi connectivity index (χ1v) is 3.51. The van der Waals surface area contributed by atoms with Gasteiger partial charge in [-0.1, -0.05) is 12.2 Å². The predicted octanol–water partition coefficient (Wildman–Crippen LogP) is 0.253. The Balaban J connectivity index is 2.28. The second kappa shape index (κ2) is 3.64. The summed E-state index contributed by atoms with van der Waals surface area (Å²) in [7, 11) is 0. The van der Waals surface area contributed by atoms with Gasteiger partial charge in [0, 0.05) is 12.6 Å². The van der Waals surface area contributed by atoms with Crippen LogP contribution >= 0.6 is 0 Å². The lowest BCUT2D eigenvalue weighted by Gasteiger charge is -2.11. The molecule has 52 valence electrons. The first-order chi connectivity index (χ1) is 4.39. The summed E-state index contributed by atoms with van der Waals surface area (Å²) in [5.41, 5.74) is 5.69. The van der Waals surface area contributed by atoms with Gasteiger partial charge >= 0.3 is 0 Å². The van der Waals surface area contributed by atoms with Gasteiger partial charge in [-0.15, -0.1) is 0 Å². The molecule has 2 nitrogen and oxygen atoms in total. The highest BCUT2D eigenvalue weighted by molar-refractivity contribution is 4.88. The van der Waals surface area contributed by atoms with Crippen LogP contribution in [0.15, 0.2) is 12.2 Å². The summed E-state index contributed by atoms with van der Waals surface area (Å²) in [6.45, 7) is 2.04. The fourth-order valence-corrected chi connectivity index (χ4v) is 0.945. The highest BCUT2D eigenvalue weighted by atomic mass is 14.9. The number of nitrogens with two attached hydrogens (primary N) is 1. The molecule has 1 atom stereocenters. The first-order valence-electron chi connectivity index (χ1n) is 3.51. The van der Waals surface area contributed by atoms with Gasteiger partial charge < -0.3 is 11.1 Å². The Bertz CT molecular complexity index is 99.1. The van der Waals surface area contributed by atoms with E-state index in [1.807, 2.05) is 0 Å². The molecule has 1 aliphatic heterocycles. The Morgan fingerprint density at radius 1 is 1.44 bits per heavy atom. The van der Waals surface area contributed by atoms with Crippen molar-refractivity contribution in [3.63, 3.8) is 0 Å². The molecule has 9 heavy (non-hydrogen) atoms. The SMILES string of the molecule is NC1C/C=C\CCNC1. The van der Waals surface area contributed by atoms with Crippen LogP contribution in [-0.2, 0) is 0 Å². The highest BCUT2D eigenvalue weighted by Crippen LogP contribution is 1.93. The van der Waals surface area contributed by atoms with Crippen molar-refractivity contribution >= 4 is 0 Å². The Hall–Kier alpha value is -0.340. The van der Waals surface area contributed by atoms with Crippen LogP contribution in [0.5, 0.6) is 0 Å².